The van der Waals surface area contributed by atoms with Crippen LogP contribution in [0.2, 0.25) is 0 Å². The van der Waals surface area contributed by atoms with Crippen molar-refractivity contribution in [1.82, 2.24) is 9.78 Å². The molecule has 1 aromatic carbocycles. The topological polar surface area (TPSA) is 81.5 Å². The Morgan fingerprint density at radius 1 is 1.29 bits per heavy atom. The van der Waals surface area contributed by atoms with E-state index in [2.05, 4.69) is 5.10 Å². The fraction of sp³-hybridized carbons (Fsp3) is 0.375. The predicted molar refractivity (Wildman–Crippen MR) is 91.7 cm³/mol. The number of ether oxygens (including phenoxy) is 1. The summed E-state index contributed by atoms with van der Waals surface area (Å²) in [6.07, 6.45) is 0.920. The summed E-state index contributed by atoms with van der Waals surface area (Å²) in [5.41, 5.74) is 2.01. The molecule has 0 spiro atoms. The summed E-state index contributed by atoms with van der Waals surface area (Å²) >= 11 is 0. The number of sulfonamides is 1. The van der Waals surface area contributed by atoms with Crippen LogP contribution >= 0.6 is 0 Å². The van der Waals surface area contributed by atoms with Gasteiger partial charge in [-0.15, -0.1) is 0 Å². The molecule has 0 saturated heterocycles. The summed E-state index contributed by atoms with van der Waals surface area (Å²) in [5.74, 6) is -0.0138. The van der Waals surface area contributed by atoms with E-state index in [1.807, 2.05) is 0 Å². The van der Waals surface area contributed by atoms with Crippen LogP contribution in [-0.4, -0.2) is 37.5 Å². The highest BCUT2D eigenvalue weighted by Gasteiger charge is 2.30. The van der Waals surface area contributed by atoms with Crippen molar-refractivity contribution < 1.29 is 17.9 Å². The Labute approximate surface area is 141 Å². The number of rotatable bonds is 5. The van der Waals surface area contributed by atoms with Crippen molar-refractivity contribution in [3.63, 3.8) is 0 Å². The van der Waals surface area contributed by atoms with Gasteiger partial charge in [-0.1, -0.05) is 18.2 Å². The fourth-order valence-corrected chi connectivity index (χ4v) is 3.65. The molecule has 0 bridgehead atoms. The SMILES string of the molecule is COc1ccccc1CC(=O)N(c1c(C)nn(C)c1C)S(C)(=O)=O. The van der Waals surface area contributed by atoms with Crippen molar-refractivity contribution in [2.45, 2.75) is 20.3 Å². The molecular weight excluding hydrogens is 330 g/mol. The Hall–Kier alpha value is -2.35. The zero-order valence-corrected chi connectivity index (χ0v) is 15.2. The second kappa shape index (κ2) is 6.64. The molecule has 2 rings (SSSR count). The number of carbonyl (C=O) groups excluding carboxylic acids is 1. The van der Waals surface area contributed by atoms with Crippen LogP contribution in [-0.2, 0) is 28.3 Å². The minimum atomic E-state index is -3.80. The molecule has 0 fully saturated rings. The van der Waals surface area contributed by atoms with Crippen molar-refractivity contribution in [3.8, 4) is 5.75 Å². The van der Waals surface area contributed by atoms with Crippen molar-refractivity contribution in [2.24, 2.45) is 7.05 Å². The highest BCUT2D eigenvalue weighted by molar-refractivity contribution is 7.92. The highest BCUT2D eigenvalue weighted by Crippen LogP contribution is 2.28. The number of benzene rings is 1. The molecule has 7 nitrogen and oxygen atoms in total. The van der Waals surface area contributed by atoms with Crippen LogP contribution in [0.3, 0.4) is 0 Å². The van der Waals surface area contributed by atoms with Gasteiger partial charge in [0.15, 0.2) is 0 Å². The molecular formula is C16H21N3O4S. The number of carbonyl (C=O) groups is 1. The average Bonchev–Trinajstić information content (AvgIpc) is 2.73. The van der Waals surface area contributed by atoms with Gasteiger partial charge in [0.1, 0.15) is 11.4 Å². The lowest BCUT2D eigenvalue weighted by Crippen LogP contribution is -2.38. The maximum atomic E-state index is 12.8. The number of amides is 1. The van der Waals surface area contributed by atoms with E-state index in [9.17, 15) is 13.2 Å². The van der Waals surface area contributed by atoms with E-state index >= 15 is 0 Å². The Kier molecular flexibility index (Phi) is 4.98. The maximum absolute atomic E-state index is 12.8. The first-order chi connectivity index (χ1) is 11.2. The van der Waals surface area contributed by atoms with Crippen LogP contribution in [0.1, 0.15) is 17.0 Å². The number of hydrogen-bond acceptors (Lipinski definition) is 5. The second-order valence-corrected chi connectivity index (χ2v) is 7.38. The smallest absolute Gasteiger partial charge is 0.245 e. The summed E-state index contributed by atoms with van der Waals surface area (Å²) in [6, 6.07) is 7.03. The second-order valence-electron chi connectivity index (χ2n) is 5.55. The molecule has 0 atom stereocenters. The van der Waals surface area contributed by atoms with Gasteiger partial charge in [-0.25, -0.2) is 12.7 Å². The van der Waals surface area contributed by atoms with Gasteiger partial charge in [0.05, 0.1) is 31.2 Å². The predicted octanol–water partition coefficient (Wildman–Crippen LogP) is 1.58. The van der Waals surface area contributed by atoms with Gasteiger partial charge in [-0.3, -0.25) is 9.48 Å². The fourth-order valence-electron chi connectivity index (χ4n) is 2.62. The summed E-state index contributed by atoms with van der Waals surface area (Å²) in [7, 11) is -0.587. The molecule has 0 unspecified atom stereocenters. The summed E-state index contributed by atoms with van der Waals surface area (Å²) in [4.78, 5) is 12.8. The molecule has 8 heteroatoms. The van der Waals surface area contributed by atoms with Crippen LogP contribution in [0, 0.1) is 13.8 Å². The van der Waals surface area contributed by atoms with E-state index in [1.165, 1.54) is 7.11 Å². The zero-order chi connectivity index (χ0) is 18.1. The van der Waals surface area contributed by atoms with Gasteiger partial charge in [0.2, 0.25) is 15.9 Å². The van der Waals surface area contributed by atoms with Gasteiger partial charge in [-0.2, -0.15) is 5.10 Å². The third-order valence-electron chi connectivity index (χ3n) is 3.77. The molecule has 1 heterocycles. The van der Waals surface area contributed by atoms with E-state index in [4.69, 9.17) is 4.74 Å². The Morgan fingerprint density at radius 3 is 2.42 bits per heavy atom. The Morgan fingerprint density at radius 2 is 1.92 bits per heavy atom. The number of nitrogens with zero attached hydrogens (tertiary/aromatic N) is 3. The first-order valence-corrected chi connectivity index (χ1v) is 9.17. The molecule has 1 aromatic heterocycles. The standard InChI is InChI=1S/C16H21N3O4S/c1-11-16(12(2)18(3)17-11)19(24(5,21)22)15(20)10-13-8-6-7-9-14(13)23-4/h6-9H,10H2,1-5H3. The third kappa shape index (κ3) is 3.43. The van der Waals surface area contributed by atoms with E-state index < -0.39 is 15.9 Å². The number of anilines is 1. The van der Waals surface area contributed by atoms with E-state index in [-0.39, 0.29) is 6.42 Å². The molecule has 130 valence electrons. The van der Waals surface area contributed by atoms with Gasteiger partial charge in [-0.05, 0) is 19.9 Å². The van der Waals surface area contributed by atoms with Crippen LogP contribution in [0.15, 0.2) is 24.3 Å². The highest BCUT2D eigenvalue weighted by atomic mass is 32.2. The lowest BCUT2D eigenvalue weighted by molar-refractivity contribution is -0.116. The molecule has 0 radical (unpaired) electrons. The summed E-state index contributed by atoms with van der Waals surface area (Å²) < 4.78 is 32.2. The molecule has 0 aliphatic heterocycles. The molecule has 2 aromatic rings. The first-order valence-electron chi connectivity index (χ1n) is 7.32. The van der Waals surface area contributed by atoms with Crippen LogP contribution in [0.25, 0.3) is 0 Å². The number of hydrogen-bond donors (Lipinski definition) is 0. The van der Waals surface area contributed by atoms with Crippen molar-refractivity contribution in [1.29, 1.82) is 0 Å². The number of aryl methyl sites for hydroxylation is 2. The molecule has 0 aliphatic carbocycles. The van der Waals surface area contributed by atoms with Crippen LogP contribution in [0.5, 0.6) is 5.75 Å². The van der Waals surface area contributed by atoms with Gasteiger partial charge in [0, 0.05) is 12.6 Å². The van der Waals surface area contributed by atoms with Gasteiger partial charge >= 0.3 is 0 Å². The quantitative estimate of drug-likeness (QED) is 0.817. The molecule has 0 N–H and O–H groups in total. The molecule has 0 aliphatic rings. The lowest BCUT2D eigenvalue weighted by Gasteiger charge is -2.21. The van der Waals surface area contributed by atoms with E-state index in [1.54, 1.807) is 49.8 Å². The van der Waals surface area contributed by atoms with Crippen molar-refractivity contribution >= 4 is 21.6 Å². The molecule has 24 heavy (non-hydrogen) atoms. The number of aromatic nitrogens is 2. The average molecular weight is 351 g/mol. The third-order valence-corrected chi connectivity index (χ3v) is 4.82. The normalized spacial score (nSPS) is 11.4. The maximum Gasteiger partial charge on any atom is 0.245 e. The minimum absolute atomic E-state index is 0.0924. The van der Waals surface area contributed by atoms with Crippen molar-refractivity contribution in [2.75, 3.05) is 17.7 Å². The Balaban J connectivity index is 2.48. The molecule has 1 amide bonds. The first kappa shape index (κ1) is 18.0. The number of methoxy groups -OCH3 is 1. The van der Waals surface area contributed by atoms with Crippen molar-refractivity contribution in [3.05, 3.63) is 41.2 Å². The summed E-state index contributed by atoms with van der Waals surface area (Å²) in [6.45, 7) is 3.40. The minimum Gasteiger partial charge on any atom is -0.496 e. The molecule has 0 saturated carbocycles. The van der Waals surface area contributed by atoms with Gasteiger partial charge in [0.25, 0.3) is 0 Å². The van der Waals surface area contributed by atoms with Crippen LogP contribution in [0.4, 0.5) is 5.69 Å². The Bertz CT molecular complexity index is 871. The van der Waals surface area contributed by atoms with Crippen LogP contribution < -0.4 is 9.04 Å². The van der Waals surface area contributed by atoms with E-state index in [0.717, 1.165) is 10.6 Å². The van der Waals surface area contributed by atoms with E-state index in [0.29, 0.717) is 28.4 Å². The summed E-state index contributed by atoms with van der Waals surface area (Å²) in [5, 5.41) is 4.20. The zero-order valence-electron chi connectivity index (χ0n) is 14.4. The number of para-hydroxylation sites is 1. The lowest BCUT2D eigenvalue weighted by atomic mass is 10.1. The largest absolute Gasteiger partial charge is 0.496 e. The van der Waals surface area contributed by atoms with Gasteiger partial charge < -0.3 is 4.74 Å². The monoisotopic (exact) mass is 351 g/mol.